The second-order valence-corrected chi connectivity index (χ2v) is 9.20. The number of anilines is 1. The fourth-order valence-electron chi connectivity index (χ4n) is 3.01. The van der Waals surface area contributed by atoms with Gasteiger partial charge >= 0.3 is 0 Å². The van der Waals surface area contributed by atoms with E-state index in [0.29, 0.717) is 11.4 Å². The lowest BCUT2D eigenvalue weighted by atomic mass is 10.0. The molecule has 0 spiro atoms. The second kappa shape index (κ2) is 9.84. The Labute approximate surface area is 179 Å². The van der Waals surface area contributed by atoms with Crippen molar-refractivity contribution in [2.75, 3.05) is 24.7 Å². The second-order valence-electron chi connectivity index (χ2n) is 7.18. The summed E-state index contributed by atoms with van der Waals surface area (Å²) in [5, 5.41) is 3.02. The zero-order valence-corrected chi connectivity index (χ0v) is 19.1. The highest BCUT2D eigenvalue weighted by Gasteiger charge is 2.20. The quantitative estimate of drug-likeness (QED) is 0.654. The van der Waals surface area contributed by atoms with Crippen LogP contribution >= 0.6 is 0 Å². The highest BCUT2D eigenvalue weighted by molar-refractivity contribution is 7.92. The Hall–Kier alpha value is -2.74. The first-order valence-corrected chi connectivity index (χ1v) is 11.6. The van der Waals surface area contributed by atoms with Gasteiger partial charge in [-0.2, -0.15) is 0 Å². The molecule has 0 radical (unpaired) electrons. The average Bonchev–Trinajstić information content (AvgIpc) is 2.71. The van der Waals surface area contributed by atoms with Gasteiger partial charge in [0.25, 0.3) is 5.91 Å². The molecule has 30 heavy (non-hydrogen) atoms. The summed E-state index contributed by atoms with van der Waals surface area (Å²) in [5.74, 6) is 1.06. The number of carbonyl (C=O) groups is 1. The zero-order chi connectivity index (χ0) is 22.5. The van der Waals surface area contributed by atoms with Crippen molar-refractivity contribution >= 4 is 21.6 Å². The summed E-state index contributed by atoms with van der Waals surface area (Å²) in [6.07, 6.45) is 1.16. The van der Waals surface area contributed by atoms with Crippen LogP contribution < -0.4 is 19.1 Å². The van der Waals surface area contributed by atoms with Crippen molar-refractivity contribution in [2.24, 2.45) is 0 Å². The van der Waals surface area contributed by atoms with Gasteiger partial charge in [0.2, 0.25) is 10.0 Å². The van der Waals surface area contributed by atoms with Crippen LogP contribution in [0.1, 0.15) is 37.4 Å². The summed E-state index contributed by atoms with van der Waals surface area (Å²) in [6.45, 7) is 5.65. The zero-order valence-electron chi connectivity index (χ0n) is 18.3. The van der Waals surface area contributed by atoms with E-state index in [1.54, 1.807) is 38.3 Å². The SMILES string of the molecule is CCC(NC(=O)C(C)Oc1ccc(N(C)S(C)(=O)=O)cc1)c1ccc(OC)c(C)c1. The number of ether oxygens (including phenoxy) is 2. The van der Waals surface area contributed by atoms with Crippen molar-refractivity contribution in [1.29, 1.82) is 0 Å². The Balaban J connectivity index is 2.03. The molecule has 0 aliphatic heterocycles. The Morgan fingerprint density at radius 1 is 1.17 bits per heavy atom. The highest BCUT2D eigenvalue weighted by Crippen LogP contribution is 2.25. The maximum absolute atomic E-state index is 12.7. The Morgan fingerprint density at radius 3 is 2.30 bits per heavy atom. The van der Waals surface area contributed by atoms with Crippen LogP contribution in [0.2, 0.25) is 0 Å². The maximum atomic E-state index is 12.7. The lowest BCUT2D eigenvalue weighted by Gasteiger charge is -2.22. The molecule has 0 aromatic heterocycles. The van der Waals surface area contributed by atoms with E-state index in [4.69, 9.17) is 9.47 Å². The van der Waals surface area contributed by atoms with Crippen LogP contribution in [0.25, 0.3) is 0 Å². The van der Waals surface area contributed by atoms with Crippen LogP contribution in [-0.4, -0.2) is 40.8 Å². The summed E-state index contributed by atoms with van der Waals surface area (Å²) in [6, 6.07) is 12.3. The lowest BCUT2D eigenvalue weighted by Crippen LogP contribution is -2.38. The van der Waals surface area contributed by atoms with Crippen molar-refractivity contribution in [2.45, 2.75) is 39.3 Å². The number of carbonyl (C=O) groups excluding carboxylic acids is 1. The van der Waals surface area contributed by atoms with Gasteiger partial charge in [-0.25, -0.2) is 8.42 Å². The summed E-state index contributed by atoms with van der Waals surface area (Å²) < 4.78 is 35.5. The normalized spacial score (nSPS) is 13.3. The third kappa shape index (κ3) is 5.89. The van der Waals surface area contributed by atoms with E-state index >= 15 is 0 Å². The monoisotopic (exact) mass is 434 g/mol. The lowest BCUT2D eigenvalue weighted by molar-refractivity contribution is -0.128. The molecule has 2 atom stereocenters. The van der Waals surface area contributed by atoms with E-state index in [9.17, 15) is 13.2 Å². The molecule has 0 fully saturated rings. The number of methoxy groups -OCH3 is 1. The topological polar surface area (TPSA) is 84.9 Å². The fourth-order valence-corrected chi connectivity index (χ4v) is 3.52. The summed E-state index contributed by atoms with van der Waals surface area (Å²) in [4.78, 5) is 12.7. The Morgan fingerprint density at radius 2 is 1.80 bits per heavy atom. The number of amides is 1. The van der Waals surface area contributed by atoms with Gasteiger partial charge in [-0.3, -0.25) is 9.10 Å². The molecule has 164 valence electrons. The van der Waals surface area contributed by atoms with E-state index in [1.807, 2.05) is 32.0 Å². The number of hydrogen-bond acceptors (Lipinski definition) is 5. The molecule has 8 heteroatoms. The number of rotatable bonds is 9. The first kappa shape index (κ1) is 23.5. The molecule has 1 N–H and O–H groups in total. The van der Waals surface area contributed by atoms with E-state index in [2.05, 4.69) is 5.32 Å². The standard InChI is InChI=1S/C22H30N2O5S/c1-7-20(17-8-13-21(28-5)15(2)14-17)23-22(25)16(3)29-19-11-9-18(10-12-19)24(4)30(6,26)27/h8-14,16,20H,7H2,1-6H3,(H,23,25). The molecule has 2 unspecified atom stereocenters. The predicted molar refractivity (Wildman–Crippen MR) is 119 cm³/mol. The molecule has 7 nitrogen and oxygen atoms in total. The van der Waals surface area contributed by atoms with E-state index in [1.165, 1.54) is 11.4 Å². The molecule has 2 rings (SSSR count). The van der Waals surface area contributed by atoms with Gasteiger partial charge < -0.3 is 14.8 Å². The van der Waals surface area contributed by atoms with Gasteiger partial charge in [-0.1, -0.05) is 19.1 Å². The van der Waals surface area contributed by atoms with E-state index in [0.717, 1.165) is 29.6 Å². The van der Waals surface area contributed by atoms with Crippen LogP contribution in [0.3, 0.4) is 0 Å². The van der Waals surface area contributed by atoms with Crippen LogP contribution in [0.4, 0.5) is 5.69 Å². The van der Waals surface area contributed by atoms with Gasteiger partial charge in [-0.15, -0.1) is 0 Å². The minimum Gasteiger partial charge on any atom is -0.496 e. The number of nitrogens with zero attached hydrogens (tertiary/aromatic N) is 1. The van der Waals surface area contributed by atoms with Crippen molar-refractivity contribution in [3.05, 3.63) is 53.6 Å². The largest absolute Gasteiger partial charge is 0.496 e. The number of aryl methyl sites for hydroxylation is 1. The fraction of sp³-hybridized carbons (Fsp3) is 0.409. The maximum Gasteiger partial charge on any atom is 0.261 e. The minimum atomic E-state index is -3.34. The molecule has 1 amide bonds. The minimum absolute atomic E-state index is 0.140. The van der Waals surface area contributed by atoms with Crippen molar-refractivity contribution in [3.8, 4) is 11.5 Å². The molecule has 0 saturated carbocycles. The molecule has 0 saturated heterocycles. The predicted octanol–water partition coefficient (Wildman–Crippen LogP) is 3.43. The number of benzene rings is 2. The Bertz CT molecular complexity index is 974. The van der Waals surface area contributed by atoms with Gasteiger partial charge in [-0.05, 0) is 61.7 Å². The molecule has 0 heterocycles. The first-order chi connectivity index (χ1) is 14.1. The third-order valence-corrected chi connectivity index (χ3v) is 6.13. The third-order valence-electron chi connectivity index (χ3n) is 4.93. The number of hydrogen-bond donors (Lipinski definition) is 1. The van der Waals surface area contributed by atoms with Gasteiger partial charge in [0.1, 0.15) is 11.5 Å². The molecule has 2 aromatic carbocycles. The molecule has 0 bridgehead atoms. The molecule has 0 aliphatic carbocycles. The van der Waals surface area contributed by atoms with Crippen LogP contribution in [-0.2, 0) is 14.8 Å². The van der Waals surface area contributed by atoms with Crippen molar-refractivity contribution < 1.29 is 22.7 Å². The highest BCUT2D eigenvalue weighted by atomic mass is 32.2. The van der Waals surface area contributed by atoms with Crippen LogP contribution in [0, 0.1) is 6.92 Å². The van der Waals surface area contributed by atoms with E-state index in [-0.39, 0.29) is 11.9 Å². The summed E-state index contributed by atoms with van der Waals surface area (Å²) in [7, 11) is -0.225. The van der Waals surface area contributed by atoms with Gasteiger partial charge in [0.15, 0.2) is 6.10 Å². The first-order valence-electron chi connectivity index (χ1n) is 9.72. The molecular weight excluding hydrogens is 404 g/mol. The summed E-state index contributed by atoms with van der Waals surface area (Å²) in [5.41, 5.74) is 2.53. The number of nitrogens with one attached hydrogen (secondary N) is 1. The molecular formula is C22H30N2O5S. The molecule has 0 aliphatic rings. The summed E-state index contributed by atoms with van der Waals surface area (Å²) >= 11 is 0. The van der Waals surface area contributed by atoms with E-state index < -0.39 is 16.1 Å². The van der Waals surface area contributed by atoms with Crippen molar-refractivity contribution in [3.63, 3.8) is 0 Å². The van der Waals surface area contributed by atoms with Gasteiger partial charge in [0.05, 0.1) is 25.1 Å². The number of sulfonamides is 1. The van der Waals surface area contributed by atoms with Gasteiger partial charge in [0, 0.05) is 7.05 Å². The van der Waals surface area contributed by atoms with Crippen LogP contribution in [0.15, 0.2) is 42.5 Å². The van der Waals surface area contributed by atoms with Crippen molar-refractivity contribution in [1.82, 2.24) is 5.32 Å². The molecule has 2 aromatic rings. The van der Waals surface area contributed by atoms with Crippen LogP contribution in [0.5, 0.6) is 11.5 Å². The smallest absolute Gasteiger partial charge is 0.261 e. The Kier molecular flexibility index (Phi) is 7.72. The average molecular weight is 435 g/mol.